The van der Waals surface area contributed by atoms with Crippen molar-refractivity contribution in [2.75, 3.05) is 0 Å². The molecule has 3 nitrogen and oxygen atoms in total. The van der Waals surface area contributed by atoms with Gasteiger partial charge in [0.05, 0.1) is 5.25 Å². The molecule has 2 atom stereocenters. The van der Waals surface area contributed by atoms with Crippen molar-refractivity contribution >= 4 is 21.6 Å². The number of nitrogens with one attached hydrogen (secondary N) is 1. The van der Waals surface area contributed by atoms with E-state index >= 15 is 0 Å². The Labute approximate surface area is 114 Å². The van der Waals surface area contributed by atoms with E-state index in [9.17, 15) is 8.42 Å². The molecule has 0 heterocycles. The Morgan fingerprint density at radius 3 is 2.56 bits per heavy atom. The van der Waals surface area contributed by atoms with E-state index in [0.717, 1.165) is 5.56 Å². The van der Waals surface area contributed by atoms with E-state index in [1.165, 1.54) is 0 Å². The van der Waals surface area contributed by atoms with Gasteiger partial charge in [-0.3, -0.25) is 0 Å². The highest BCUT2D eigenvalue weighted by Gasteiger charge is 2.48. The summed E-state index contributed by atoms with van der Waals surface area (Å²) in [6.07, 6.45) is 0.672. The maximum absolute atomic E-state index is 12.1. The number of sulfonamides is 1. The van der Waals surface area contributed by atoms with Gasteiger partial charge in [-0.2, -0.15) is 0 Å². The summed E-state index contributed by atoms with van der Waals surface area (Å²) >= 11 is 5.92. The monoisotopic (exact) mass is 287 g/mol. The SMILES string of the molecule is CC(C)(C)NS(=O)(=O)C1CC1c1cccc(Cl)c1. The van der Waals surface area contributed by atoms with Crippen molar-refractivity contribution in [2.24, 2.45) is 0 Å². The lowest BCUT2D eigenvalue weighted by Gasteiger charge is -2.20. The van der Waals surface area contributed by atoms with E-state index in [0.29, 0.717) is 11.4 Å². The van der Waals surface area contributed by atoms with E-state index < -0.39 is 15.6 Å². The first-order chi connectivity index (χ1) is 8.19. The molecule has 0 saturated heterocycles. The molecule has 1 N–H and O–H groups in total. The number of hydrogen-bond acceptors (Lipinski definition) is 2. The molecule has 0 radical (unpaired) electrons. The quantitative estimate of drug-likeness (QED) is 0.929. The smallest absolute Gasteiger partial charge is 0.212 e. The van der Waals surface area contributed by atoms with Crippen LogP contribution in [0.2, 0.25) is 5.02 Å². The summed E-state index contributed by atoms with van der Waals surface area (Å²) < 4.78 is 27.0. The number of hydrogen-bond donors (Lipinski definition) is 1. The summed E-state index contributed by atoms with van der Waals surface area (Å²) in [5.41, 5.74) is 0.576. The standard InChI is InChI=1S/C13H18ClNO2S/c1-13(2,3)15-18(16,17)12-8-11(12)9-5-4-6-10(14)7-9/h4-7,11-12,15H,8H2,1-3H3. The van der Waals surface area contributed by atoms with Crippen LogP contribution in [-0.4, -0.2) is 19.2 Å². The van der Waals surface area contributed by atoms with Crippen LogP contribution < -0.4 is 4.72 Å². The van der Waals surface area contributed by atoms with Crippen LogP contribution in [0.1, 0.15) is 38.7 Å². The first-order valence-corrected chi connectivity index (χ1v) is 7.90. The van der Waals surface area contributed by atoms with Gasteiger partial charge in [-0.25, -0.2) is 13.1 Å². The topological polar surface area (TPSA) is 46.2 Å². The molecule has 0 aliphatic heterocycles. The van der Waals surface area contributed by atoms with Gasteiger partial charge >= 0.3 is 0 Å². The summed E-state index contributed by atoms with van der Waals surface area (Å²) in [6.45, 7) is 5.55. The van der Waals surface area contributed by atoms with Crippen molar-refractivity contribution in [1.82, 2.24) is 4.72 Å². The van der Waals surface area contributed by atoms with E-state index in [-0.39, 0.29) is 11.2 Å². The van der Waals surface area contributed by atoms with Crippen molar-refractivity contribution in [2.45, 2.75) is 43.9 Å². The third-order valence-corrected chi connectivity index (χ3v) is 5.31. The van der Waals surface area contributed by atoms with Crippen molar-refractivity contribution in [3.05, 3.63) is 34.9 Å². The Morgan fingerprint density at radius 2 is 2.00 bits per heavy atom. The van der Waals surface area contributed by atoms with Crippen molar-refractivity contribution in [3.8, 4) is 0 Å². The lowest BCUT2D eigenvalue weighted by molar-refractivity contribution is 0.490. The van der Waals surface area contributed by atoms with E-state index in [1.807, 2.05) is 39.0 Å². The number of rotatable bonds is 3. The van der Waals surface area contributed by atoms with E-state index in [4.69, 9.17) is 11.6 Å². The molecule has 1 aromatic carbocycles. The molecule has 18 heavy (non-hydrogen) atoms. The van der Waals surface area contributed by atoms with Gasteiger partial charge in [-0.1, -0.05) is 23.7 Å². The average molecular weight is 288 g/mol. The molecule has 100 valence electrons. The first-order valence-electron chi connectivity index (χ1n) is 5.97. The van der Waals surface area contributed by atoms with Gasteiger partial charge in [0.25, 0.3) is 0 Å². The molecular weight excluding hydrogens is 270 g/mol. The molecule has 0 bridgehead atoms. The highest BCUT2D eigenvalue weighted by atomic mass is 35.5. The normalized spacial score (nSPS) is 24.0. The van der Waals surface area contributed by atoms with Gasteiger partial charge in [0, 0.05) is 16.5 Å². The van der Waals surface area contributed by atoms with Crippen LogP contribution in [0.3, 0.4) is 0 Å². The van der Waals surface area contributed by atoms with Crippen LogP contribution in [0.5, 0.6) is 0 Å². The van der Waals surface area contributed by atoms with Crippen LogP contribution >= 0.6 is 11.6 Å². The zero-order chi connectivity index (χ0) is 13.6. The minimum absolute atomic E-state index is 0.0727. The Balaban J connectivity index is 2.12. The Bertz CT molecular complexity index is 548. The first kappa shape index (κ1) is 13.8. The predicted molar refractivity (Wildman–Crippen MR) is 74.4 cm³/mol. The Hall–Kier alpha value is -0.580. The molecule has 1 fully saturated rings. The second-order valence-electron chi connectivity index (χ2n) is 5.83. The van der Waals surface area contributed by atoms with Gasteiger partial charge in [0.15, 0.2) is 0 Å². The highest BCUT2D eigenvalue weighted by molar-refractivity contribution is 7.90. The molecular formula is C13H18ClNO2S. The molecule has 0 spiro atoms. The van der Waals surface area contributed by atoms with Crippen molar-refractivity contribution in [3.63, 3.8) is 0 Å². The molecule has 1 aliphatic carbocycles. The van der Waals surface area contributed by atoms with Gasteiger partial charge in [-0.05, 0) is 44.9 Å². The van der Waals surface area contributed by atoms with Crippen molar-refractivity contribution < 1.29 is 8.42 Å². The summed E-state index contributed by atoms with van der Waals surface area (Å²) in [5.74, 6) is 0.0727. The van der Waals surface area contributed by atoms with Crippen molar-refractivity contribution in [1.29, 1.82) is 0 Å². The maximum Gasteiger partial charge on any atom is 0.215 e. The second-order valence-corrected chi connectivity index (χ2v) is 8.17. The molecule has 1 aliphatic rings. The average Bonchev–Trinajstić information content (AvgIpc) is 2.93. The molecule has 1 saturated carbocycles. The Morgan fingerprint density at radius 1 is 1.33 bits per heavy atom. The fourth-order valence-corrected chi connectivity index (χ4v) is 4.36. The van der Waals surface area contributed by atoms with Crippen LogP contribution in [0.4, 0.5) is 0 Å². The summed E-state index contributed by atoms with van der Waals surface area (Å²) in [5, 5.41) is 0.328. The zero-order valence-electron chi connectivity index (χ0n) is 10.8. The van der Waals surface area contributed by atoms with Crippen LogP contribution in [0, 0.1) is 0 Å². The third kappa shape index (κ3) is 3.25. The molecule has 0 aromatic heterocycles. The minimum Gasteiger partial charge on any atom is -0.212 e. The number of halogens is 1. The Kier molecular flexibility index (Phi) is 3.47. The lowest BCUT2D eigenvalue weighted by Crippen LogP contribution is -2.42. The molecule has 5 heteroatoms. The van der Waals surface area contributed by atoms with Crippen LogP contribution in [-0.2, 0) is 10.0 Å². The van der Waals surface area contributed by atoms with E-state index in [2.05, 4.69) is 4.72 Å². The fraction of sp³-hybridized carbons (Fsp3) is 0.538. The highest BCUT2D eigenvalue weighted by Crippen LogP contribution is 2.46. The minimum atomic E-state index is -3.25. The maximum atomic E-state index is 12.1. The van der Waals surface area contributed by atoms with Gasteiger partial charge in [0.2, 0.25) is 10.0 Å². The molecule has 2 rings (SSSR count). The summed E-state index contributed by atoms with van der Waals surface area (Å²) in [7, 11) is -3.25. The largest absolute Gasteiger partial charge is 0.215 e. The summed E-state index contributed by atoms with van der Waals surface area (Å²) in [6, 6.07) is 7.43. The van der Waals surface area contributed by atoms with E-state index in [1.54, 1.807) is 6.07 Å². The van der Waals surface area contributed by atoms with Crippen LogP contribution in [0.25, 0.3) is 0 Å². The van der Waals surface area contributed by atoms with Gasteiger partial charge < -0.3 is 0 Å². The lowest BCUT2D eigenvalue weighted by atomic mass is 10.1. The fourth-order valence-electron chi connectivity index (χ4n) is 2.11. The number of benzene rings is 1. The molecule has 2 unspecified atom stereocenters. The zero-order valence-corrected chi connectivity index (χ0v) is 12.3. The van der Waals surface area contributed by atoms with Gasteiger partial charge in [-0.15, -0.1) is 0 Å². The molecule has 1 aromatic rings. The predicted octanol–water partition coefficient (Wildman–Crippen LogP) is 2.91. The van der Waals surface area contributed by atoms with Gasteiger partial charge in [0.1, 0.15) is 0 Å². The molecule has 0 amide bonds. The van der Waals surface area contributed by atoms with Crippen LogP contribution in [0.15, 0.2) is 24.3 Å². The third-order valence-electron chi connectivity index (χ3n) is 2.86. The second kappa shape index (κ2) is 4.51. The summed E-state index contributed by atoms with van der Waals surface area (Å²) in [4.78, 5) is 0.